The van der Waals surface area contributed by atoms with Gasteiger partial charge in [0.1, 0.15) is 12.1 Å². The second-order valence-electron chi connectivity index (χ2n) is 7.13. The van der Waals surface area contributed by atoms with Crippen LogP contribution in [0.1, 0.15) is 21.5 Å². The van der Waals surface area contributed by atoms with Gasteiger partial charge in [0.2, 0.25) is 0 Å². The molecule has 4 rings (SSSR count). The molecule has 0 unspecified atom stereocenters. The molecule has 3 N–H and O–H groups in total. The van der Waals surface area contributed by atoms with E-state index in [0.717, 1.165) is 17.7 Å². The SMILES string of the molecule is Cc1ccc(NS(=O)(=O)c2cccc(F)c2)cc1Nc1nncn2cc(C(=O)O)c(C)c12. The van der Waals surface area contributed by atoms with E-state index in [4.69, 9.17) is 0 Å². The van der Waals surface area contributed by atoms with Crippen LogP contribution in [0.4, 0.5) is 21.6 Å². The molecule has 0 bridgehead atoms. The van der Waals surface area contributed by atoms with E-state index in [9.17, 15) is 22.7 Å². The molecular formula is C21H18FN5O4S. The number of hydrogen-bond donors (Lipinski definition) is 3. The zero-order chi connectivity index (χ0) is 23.0. The van der Waals surface area contributed by atoms with Gasteiger partial charge in [-0.1, -0.05) is 12.1 Å². The highest BCUT2D eigenvalue weighted by atomic mass is 32.2. The molecule has 0 atom stereocenters. The highest BCUT2D eigenvalue weighted by Crippen LogP contribution is 2.29. The molecule has 2 heterocycles. The second kappa shape index (κ2) is 7.93. The third kappa shape index (κ3) is 3.97. The number of hydrogen-bond acceptors (Lipinski definition) is 6. The van der Waals surface area contributed by atoms with Crippen LogP contribution in [0.5, 0.6) is 0 Å². The largest absolute Gasteiger partial charge is 0.478 e. The Balaban J connectivity index is 1.69. The minimum absolute atomic E-state index is 0.121. The molecule has 0 radical (unpaired) electrons. The summed E-state index contributed by atoms with van der Waals surface area (Å²) in [5.74, 6) is -1.41. The molecule has 4 aromatic rings. The quantitative estimate of drug-likeness (QED) is 0.404. The zero-order valence-corrected chi connectivity index (χ0v) is 17.8. The van der Waals surface area contributed by atoms with Crippen molar-refractivity contribution in [3.05, 3.63) is 77.5 Å². The Morgan fingerprint density at radius 1 is 1.16 bits per heavy atom. The first kappa shape index (κ1) is 21.2. The van der Waals surface area contributed by atoms with E-state index < -0.39 is 21.8 Å². The molecule has 164 valence electrons. The first-order valence-electron chi connectivity index (χ1n) is 9.38. The molecule has 0 spiro atoms. The van der Waals surface area contributed by atoms with Crippen LogP contribution in [0.25, 0.3) is 5.52 Å². The van der Waals surface area contributed by atoms with Crippen molar-refractivity contribution in [2.24, 2.45) is 0 Å². The van der Waals surface area contributed by atoms with Crippen molar-refractivity contribution in [1.29, 1.82) is 0 Å². The van der Waals surface area contributed by atoms with Crippen LogP contribution in [0.15, 0.2) is 59.9 Å². The molecule has 0 aliphatic rings. The average molecular weight is 455 g/mol. The van der Waals surface area contributed by atoms with Gasteiger partial charge >= 0.3 is 5.97 Å². The minimum atomic E-state index is -4.00. The lowest BCUT2D eigenvalue weighted by molar-refractivity contribution is 0.0696. The monoisotopic (exact) mass is 455 g/mol. The van der Waals surface area contributed by atoms with Crippen LogP contribution >= 0.6 is 0 Å². The van der Waals surface area contributed by atoms with E-state index in [2.05, 4.69) is 20.2 Å². The van der Waals surface area contributed by atoms with Crippen molar-refractivity contribution in [2.75, 3.05) is 10.0 Å². The first-order valence-corrected chi connectivity index (χ1v) is 10.9. The number of carbonyl (C=O) groups is 1. The molecule has 0 aliphatic heterocycles. The predicted octanol–water partition coefficient (Wildman–Crippen LogP) is 3.73. The molecule has 2 aromatic carbocycles. The number of benzene rings is 2. The number of halogens is 1. The lowest BCUT2D eigenvalue weighted by atomic mass is 10.1. The summed E-state index contributed by atoms with van der Waals surface area (Å²) in [7, 11) is -4.00. The van der Waals surface area contributed by atoms with Crippen LogP contribution in [0, 0.1) is 19.7 Å². The summed E-state index contributed by atoms with van der Waals surface area (Å²) < 4.78 is 42.7. The fraction of sp³-hybridized carbons (Fsp3) is 0.0952. The number of fused-ring (bicyclic) bond motifs is 1. The standard InChI is InChI=1S/C21H18FN5O4S/c1-12-6-7-15(26-32(30,31)16-5-3-4-14(22)8-16)9-18(12)24-20-19-13(2)17(21(28)29)10-27(19)11-23-25-20/h3-11,26H,1-2H3,(H,24,25)(H,28,29). The normalized spacial score (nSPS) is 11.5. The van der Waals surface area contributed by atoms with E-state index in [0.29, 0.717) is 22.6 Å². The fourth-order valence-corrected chi connectivity index (χ4v) is 4.38. The van der Waals surface area contributed by atoms with Crippen molar-refractivity contribution < 1.29 is 22.7 Å². The van der Waals surface area contributed by atoms with Crippen LogP contribution in [-0.4, -0.2) is 34.1 Å². The number of nitrogens with zero attached hydrogens (tertiary/aromatic N) is 3. The van der Waals surface area contributed by atoms with E-state index in [1.807, 2.05) is 6.92 Å². The van der Waals surface area contributed by atoms with Gasteiger partial charge in [0.05, 0.1) is 21.7 Å². The average Bonchev–Trinajstić information content (AvgIpc) is 3.08. The number of aromatic nitrogens is 3. The minimum Gasteiger partial charge on any atom is -0.478 e. The predicted molar refractivity (Wildman–Crippen MR) is 116 cm³/mol. The number of carboxylic acids is 1. The Hall–Kier alpha value is -3.99. The van der Waals surface area contributed by atoms with E-state index in [1.54, 1.807) is 29.5 Å². The van der Waals surface area contributed by atoms with Crippen molar-refractivity contribution in [3.63, 3.8) is 0 Å². The molecule has 0 fully saturated rings. The van der Waals surface area contributed by atoms with Crippen molar-refractivity contribution in [1.82, 2.24) is 14.6 Å². The third-order valence-corrected chi connectivity index (χ3v) is 6.30. The van der Waals surface area contributed by atoms with Crippen molar-refractivity contribution in [2.45, 2.75) is 18.7 Å². The maximum Gasteiger partial charge on any atom is 0.337 e. The van der Waals surface area contributed by atoms with Gasteiger partial charge < -0.3 is 14.8 Å². The van der Waals surface area contributed by atoms with Gasteiger partial charge in [0.25, 0.3) is 10.0 Å². The van der Waals surface area contributed by atoms with Crippen LogP contribution < -0.4 is 10.0 Å². The highest BCUT2D eigenvalue weighted by molar-refractivity contribution is 7.92. The Bertz CT molecular complexity index is 1470. The molecular weight excluding hydrogens is 437 g/mol. The van der Waals surface area contributed by atoms with Crippen molar-refractivity contribution in [3.8, 4) is 0 Å². The Kier molecular flexibility index (Phi) is 5.26. The van der Waals surface area contributed by atoms with Crippen LogP contribution in [0.3, 0.4) is 0 Å². The van der Waals surface area contributed by atoms with Crippen molar-refractivity contribution >= 4 is 38.7 Å². The Morgan fingerprint density at radius 2 is 1.94 bits per heavy atom. The topological polar surface area (TPSA) is 126 Å². The second-order valence-corrected chi connectivity index (χ2v) is 8.81. The van der Waals surface area contributed by atoms with Gasteiger partial charge in [-0.15, -0.1) is 10.2 Å². The van der Waals surface area contributed by atoms with Gasteiger partial charge in [-0.05, 0) is 55.3 Å². The first-order chi connectivity index (χ1) is 15.2. The van der Waals surface area contributed by atoms with Gasteiger partial charge in [-0.3, -0.25) is 4.72 Å². The van der Waals surface area contributed by atoms with Crippen LogP contribution in [-0.2, 0) is 10.0 Å². The van der Waals surface area contributed by atoms with Gasteiger partial charge in [-0.25, -0.2) is 17.6 Å². The number of carboxylic acid groups (broad SMARTS) is 1. The lowest BCUT2D eigenvalue weighted by Crippen LogP contribution is -2.13. The Morgan fingerprint density at radius 3 is 2.66 bits per heavy atom. The summed E-state index contributed by atoms with van der Waals surface area (Å²) in [6.45, 7) is 3.48. The molecule has 0 aliphatic carbocycles. The highest BCUT2D eigenvalue weighted by Gasteiger charge is 2.18. The van der Waals surface area contributed by atoms with E-state index >= 15 is 0 Å². The van der Waals surface area contributed by atoms with Gasteiger partial charge in [0.15, 0.2) is 5.82 Å². The Labute approximate surface area is 182 Å². The van der Waals surface area contributed by atoms with Crippen LogP contribution in [0.2, 0.25) is 0 Å². The van der Waals surface area contributed by atoms with Gasteiger partial charge in [0, 0.05) is 11.9 Å². The summed E-state index contributed by atoms with van der Waals surface area (Å²) >= 11 is 0. The number of sulfonamides is 1. The summed E-state index contributed by atoms with van der Waals surface area (Å²) in [6.07, 6.45) is 2.85. The molecule has 0 amide bonds. The fourth-order valence-electron chi connectivity index (χ4n) is 3.29. The number of aryl methyl sites for hydroxylation is 2. The lowest BCUT2D eigenvalue weighted by Gasteiger charge is -2.13. The molecule has 0 saturated carbocycles. The van der Waals surface area contributed by atoms with Gasteiger partial charge in [-0.2, -0.15) is 0 Å². The maximum atomic E-state index is 13.5. The molecule has 2 aromatic heterocycles. The maximum absolute atomic E-state index is 13.5. The number of nitrogens with one attached hydrogen (secondary N) is 2. The number of aromatic carboxylic acids is 1. The zero-order valence-electron chi connectivity index (χ0n) is 17.0. The smallest absolute Gasteiger partial charge is 0.337 e. The number of rotatable bonds is 6. The van der Waals surface area contributed by atoms with E-state index in [1.165, 1.54) is 24.7 Å². The third-order valence-electron chi connectivity index (χ3n) is 4.92. The molecule has 11 heteroatoms. The number of anilines is 3. The molecule has 9 nitrogen and oxygen atoms in total. The summed E-state index contributed by atoms with van der Waals surface area (Å²) in [6, 6.07) is 9.55. The van der Waals surface area contributed by atoms with E-state index in [-0.39, 0.29) is 16.1 Å². The summed E-state index contributed by atoms with van der Waals surface area (Å²) in [4.78, 5) is 11.3. The summed E-state index contributed by atoms with van der Waals surface area (Å²) in [5.41, 5.74) is 2.73. The molecule has 0 saturated heterocycles. The molecule has 32 heavy (non-hydrogen) atoms. The summed E-state index contributed by atoms with van der Waals surface area (Å²) in [5, 5.41) is 20.5.